The third-order valence-corrected chi connectivity index (χ3v) is 3.41. The molecule has 0 radical (unpaired) electrons. The molecule has 1 N–H and O–H groups in total. The molecule has 1 atom stereocenters. The molecule has 106 valence electrons. The molecule has 0 saturated heterocycles. The average Bonchev–Trinajstić information content (AvgIpc) is 2.44. The third-order valence-electron chi connectivity index (χ3n) is 3.41. The van der Waals surface area contributed by atoms with E-state index in [0.29, 0.717) is 19.3 Å². The quantitative estimate of drug-likeness (QED) is 0.850. The van der Waals surface area contributed by atoms with Crippen LogP contribution in [0.3, 0.4) is 0 Å². The maximum absolute atomic E-state index is 5.71. The predicted molar refractivity (Wildman–Crippen MR) is 76.9 cm³/mol. The fourth-order valence-electron chi connectivity index (χ4n) is 2.22. The predicted octanol–water partition coefficient (Wildman–Crippen LogP) is 1.89. The molecule has 4 nitrogen and oxygen atoms in total. The van der Waals surface area contributed by atoms with Crippen LogP contribution < -0.4 is 14.8 Å². The van der Waals surface area contributed by atoms with Crippen LogP contribution in [-0.2, 0) is 6.54 Å². The van der Waals surface area contributed by atoms with E-state index in [0.717, 1.165) is 31.1 Å². The highest BCUT2D eigenvalue weighted by Gasteiger charge is 2.15. The van der Waals surface area contributed by atoms with E-state index in [4.69, 9.17) is 9.47 Å². The largest absolute Gasteiger partial charge is 0.486 e. The van der Waals surface area contributed by atoms with Crippen LogP contribution in [0.4, 0.5) is 0 Å². The molecule has 1 aliphatic rings. The van der Waals surface area contributed by atoms with Crippen LogP contribution in [0.15, 0.2) is 18.2 Å². The summed E-state index contributed by atoms with van der Waals surface area (Å²) in [6.07, 6.45) is 0. The zero-order valence-corrected chi connectivity index (χ0v) is 12.1. The maximum atomic E-state index is 5.71. The summed E-state index contributed by atoms with van der Waals surface area (Å²) in [4.78, 5) is 2.30. The number of fused-ring (bicyclic) bond motifs is 1. The number of hydrogen-bond donors (Lipinski definition) is 1. The lowest BCUT2D eigenvalue weighted by Gasteiger charge is -2.23. The van der Waals surface area contributed by atoms with Gasteiger partial charge in [0.2, 0.25) is 0 Å². The minimum absolute atomic E-state index is 0.449. The Hall–Kier alpha value is -1.26. The van der Waals surface area contributed by atoms with E-state index in [9.17, 15) is 0 Å². The van der Waals surface area contributed by atoms with Crippen molar-refractivity contribution in [2.75, 3.05) is 33.4 Å². The first kappa shape index (κ1) is 14.2. The normalized spacial score (nSPS) is 15.6. The molecule has 0 amide bonds. The molecule has 19 heavy (non-hydrogen) atoms. The highest BCUT2D eigenvalue weighted by atomic mass is 16.6. The van der Waals surface area contributed by atoms with Gasteiger partial charge in [-0.2, -0.15) is 0 Å². The van der Waals surface area contributed by atoms with Gasteiger partial charge in [-0.05, 0) is 26.6 Å². The van der Waals surface area contributed by atoms with E-state index in [2.05, 4.69) is 37.2 Å². The molecule has 1 aromatic rings. The maximum Gasteiger partial charge on any atom is 0.165 e. The van der Waals surface area contributed by atoms with Gasteiger partial charge in [0.15, 0.2) is 11.5 Å². The molecule has 1 aliphatic heterocycles. The zero-order chi connectivity index (χ0) is 13.7. The Morgan fingerprint density at radius 2 is 2.11 bits per heavy atom. The molecular formula is C15H24N2O2. The van der Waals surface area contributed by atoms with Gasteiger partial charge in [0.05, 0.1) is 0 Å². The minimum atomic E-state index is 0.449. The van der Waals surface area contributed by atoms with Gasteiger partial charge >= 0.3 is 0 Å². The van der Waals surface area contributed by atoms with Crippen molar-refractivity contribution in [3.63, 3.8) is 0 Å². The van der Waals surface area contributed by atoms with E-state index in [-0.39, 0.29) is 0 Å². The lowest BCUT2D eigenvalue weighted by atomic mass is 10.1. The topological polar surface area (TPSA) is 33.7 Å². The van der Waals surface area contributed by atoms with Crippen molar-refractivity contribution in [1.29, 1.82) is 0 Å². The van der Waals surface area contributed by atoms with E-state index >= 15 is 0 Å². The second-order valence-corrected chi connectivity index (χ2v) is 5.08. The minimum Gasteiger partial charge on any atom is -0.486 e. The molecule has 0 spiro atoms. The summed E-state index contributed by atoms with van der Waals surface area (Å²) in [5.41, 5.74) is 1.17. The van der Waals surface area contributed by atoms with Crippen LogP contribution in [0.5, 0.6) is 11.5 Å². The molecule has 0 saturated carbocycles. The van der Waals surface area contributed by atoms with E-state index in [1.54, 1.807) is 0 Å². The van der Waals surface area contributed by atoms with Gasteiger partial charge in [-0.15, -0.1) is 0 Å². The molecule has 0 aromatic heterocycles. The van der Waals surface area contributed by atoms with Crippen molar-refractivity contribution in [3.05, 3.63) is 23.8 Å². The molecule has 0 bridgehead atoms. The van der Waals surface area contributed by atoms with Crippen LogP contribution in [0, 0.1) is 0 Å². The number of nitrogens with one attached hydrogen (secondary N) is 1. The molecule has 1 aromatic carbocycles. The Bertz CT molecular complexity index is 409. The number of likely N-dealkylation sites (N-methyl/N-ethyl adjacent to an activating group) is 1. The second kappa shape index (κ2) is 6.78. The molecule has 1 heterocycles. The molecular weight excluding hydrogens is 240 g/mol. The Balaban J connectivity index is 1.92. The van der Waals surface area contributed by atoms with Gasteiger partial charge in [-0.25, -0.2) is 0 Å². The number of ether oxygens (including phenoxy) is 2. The van der Waals surface area contributed by atoms with Crippen LogP contribution in [0.1, 0.15) is 19.4 Å². The van der Waals surface area contributed by atoms with Crippen molar-refractivity contribution in [3.8, 4) is 11.5 Å². The standard InChI is InChI=1S/C15H24N2O2/c1-4-17(3)11-12(2)16-10-13-6-5-7-14-15(13)19-9-8-18-14/h5-7,12,16H,4,8-11H2,1-3H3. The Kier molecular flexibility index (Phi) is 5.05. The smallest absolute Gasteiger partial charge is 0.165 e. The van der Waals surface area contributed by atoms with Crippen molar-refractivity contribution >= 4 is 0 Å². The zero-order valence-electron chi connectivity index (χ0n) is 12.1. The van der Waals surface area contributed by atoms with Crippen molar-refractivity contribution in [2.45, 2.75) is 26.4 Å². The van der Waals surface area contributed by atoms with Crippen LogP contribution in [0.2, 0.25) is 0 Å². The van der Waals surface area contributed by atoms with E-state index in [1.165, 1.54) is 5.56 Å². The van der Waals surface area contributed by atoms with Crippen LogP contribution >= 0.6 is 0 Å². The van der Waals surface area contributed by atoms with Crippen LogP contribution in [0.25, 0.3) is 0 Å². The fourth-order valence-corrected chi connectivity index (χ4v) is 2.22. The summed E-state index contributed by atoms with van der Waals surface area (Å²) in [5.74, 6) is 1.76. The number of rotatable bonds is 6. The summed E-state index contributed by atoms with van der Waals surface area (Å²) in [6, 6.07) is 6.53. The number of nitrogens with zero attached hydrogens (tertiary/aromatic N) is 1. The molecule has 1 unspecified atom stereocenters. The average molecular weight is 264 g/mol. The first-order valence-corrected chi connectivity index (χ1v) is 7.00. The fraction of sp³-hybridized carbons (Fsp3) is 0.600. The molecule has 0 fully saturated rings. The summed E-state index contributed by atoms with van der Waals surface area (Å²) < 4.78 is 11.3. The van der Waals surface area contributed by atoms with Gasteiger partial charge < -0.3 is 19.7 Å². The second-order valence-electron chi connectivity index (χ2n) is 5.08. The Morgan fingerprint density at radius 1 is 1.32 bits per heavy atom. The summed E-state index contributed by atoms with van der Waals surface area (Å²) in [5, 5.41) is 3.54. The van der Waals surface area contributed by atoms with Crippen molar-refractivity contribution in [1.82, 2.24) is 10.2 Å². The summed E-state index contributed by atoms with van der Waals surface area (Å²) >= 11 is 0. The lowest BCUT2D eigenvalue weighted by molar-refractivity contribution is 0.169. The number of hydrogen-bond acceptors (Lipinski definition) is 4. The molecule has 4 heteroatoms. The van der Waals surface area contributed by atoms with Gasteiger partial charge in [0.25, 0.3) is 0 Å². The van der Waals surface area contributed by atoms with Gasteiger partial charge in [0, 0.05) is 24.7 Å². The van der Waals surface area contributed by atoms with Crippen molar-refractivity contribution < 1.29 is 9.47 Å². The number of benzene rings is 1. The van der Waals surface area contributed by atoms with E-state index in [1.807, 2.05) is 12.1 Å². The SMILES string of the molecule is CCN(C)CC(C)NCc1cccc2c1OCCO2. The van der Waals surface area contributed by atoms with E-state index < -0.39 is 0 Å². The highest BCUT2D eigenvalue weighted by Crippen LogP contribution is 2.33. The van der Waals surface area contributed by atoms with Crippen molar-refractivity contribution in [2.24, 2.45) is 0 Å². The molecule has 2 rings (SSSR count). The summed E-state index contributed by atoms with van der Waals surface area (Å²) in [7, 11) is 2.14. The van der Waals surface area contributed by atoms with Gasteiger partial charge in [-0.1, -0.05) is 19.1 Å². The first-order valence-electron chi connectivity index (χ1n) is 7.00. The van der Waals surface area contributed by atoms with Gasteiger partial charge in [0.1, 0.15) is 13.2 Å². The number of para-hydroxylation sites is 1. The monoisotopic (exact) mass is 264 g/mol. The highest BCUT2D eigenvalue weighted by molar-refractivity contribution is 5.47. The third kappa shape index (κ3) is 3.85. The first-order chi connectivity index (χ1) is 9.20. The lowest BCUT2D eigenvalue weighted by Crippen LogP contribution is -2.37. The Morgan fingerprint density at radius 3 is 2.89 bits per heavy atom. The Labute approximate surface area is 115 Å². The summed E-state index contributed by atoms with van der Waals surface area (Å²) in [6.45, 7) is 8.59. The van der Waals surface area contributed by atoms with Crippen LogP contribution in [-0.4, -0.2) is 44.3 Å². The molecule has 0 aliphatic carbocycles. The van der Waals surface area contributed by atoms with Gasteiger partial charge in [-0.3, -0.25) is 0 Å².